The van der Waals surface area contributed by atoms with Gasteiger partial charge < -0.3 is 49.1 Å². The summed E-state index contributed by atoms with van der Waals surface area (Å²) in [5, 5.41) is 16.0. The van der Waals surface area contributed by atoms with Crippen LogP contribution in [-0.2, 0) is 9.36 Å². The van der Waals surface area contributed by atoms with Crippen LogP contribution in [-0.4, -0.2) is 117 Å². The molecule has 0 aromatic heterocycles. The van der Waals surface area contributed by atoms with Crippen molar-refractivity contribution in [3.8, 4) is 23.0 Å². The summed E-state index contributed by atoms with van der Waals surface area (Å²) in [6.07, 6.45) is 1.71. The molecule has 264 valence electrons. The molecule has 3 atom stereocenters. The van der Waals surface area contributed by atoms with Crippen LogP contribution < -0.4 is 29.6 Å². The fraction of sp³-hybridized carbons (Fsp3) is 0.514. The summed E-state index contributed by atoms with van der Waals surface area (Å²) in [6.45, 7) is 9.57. The van der Waals surface area contributed by atoms with Gasteiger partial charge in [-0.05, 0) is 30.4 Å². The number of carbonyl (C=O) groups is 3. The SMILES string of the molecule is C=C1C[C@H]2CNc3cc(OCCP(=O)(CCO)CCOc4cc5c(cc4OC)C(=O)N4CC(C)(C)C[C@H]4C(=O)N5)c(OC)cc3C(=O)N2C1. The average Bonchev–Trinajstić information content (AvgIpc) is 3.55. The first-order valence-electron chi connectivity index (χ1n) is 16.6. The minimum absolute atomic E-state index is 0.0340. The second-order valence-corrected chi connectivity index (χ2v) is 17.4. The maximum atomic E-state index is 13.9. The van der Waals surface area contributed by atoms with Crippen molar-refractivity contribution in [2.45, 2.75) is 38.8 Å². The smallest absolute Gasteiger partial charge is 0.256 e. The topological polar surface area (TPSA) is 156 Å². The van der Waals surface area contributed by atoms with Crippen molar-refractivity contribution in [3.63, 3.8) is 0 Å². The zero-order valence-corrected chi connectivity index (χ0v) is 29.4. The normalized spacial score (nSPS) is 22.1. The molecule has 0 spiro atoms. The molecule has 6 rings (SSSR count). The molecular weight excluding hydrogens is 651 g/mol. The van der Waals surface area contributed by atoms with E-state index in [1.54, 1.807) is 29.2 Å². The van der Waals surface area contributed by atoms with Gasteiger partial charge in [0.05, 0.1) is 63.1 Å². The molecule has 2 aromatic rings. The number of fused-ring (bicyclic) bond motifs is 4. The van der Waals surface area contributed by atoms with Gasteiger partial charge in [0.15, 0.2) is 23.0 Å². The lowest BCUT2D eigenvalue weighted by molar-refractivity contribution is -0.119. The van der Waals surface area contributed by atoms with Gasteiger partial charge >= 0.3 is 0 Å². The molecule has 1 unspecified atom stereocenters. The Hall–Kier alpha value is -4.22. The third kappa shape index (κ3) is 6.96. The summed E-state index contributed by atoms with van der Waals surface area (Å²) in [4.78, 5) is 43.3. The minimum atomic E-state index is -2.97. The Morgan fingerprint density at radius 3 is 2.10 bits per heavy atom. The number of aliphatic hydroxyl groups excluding tert-OH is 1. The van der Waals surface area contributed by atoms with E-state index in [1.807, 2.05) is 18.7 Å². The van der Waals surface area contributed by atoms with Crippen molar-refractivity contribution in [1.82, 2.24) is 9.80 Å². The molecule has 49 heavy (non-hydrogen) atoms. The lowest BCUT2D eigenvalue weighted by Crippen LogP contribution is -2.40. The number of carbonyl (C=O) groups excluding carboxylic acids is 3. The molecule has 4 aliphatic heterocycles. The quantitative estimate of drug-likeness (QED) is 0.220. The van der Waals surface area contributed by atoms with Crippen LogP contribution in [0.4, 0.5) is 11.4 Å². The molecule has 3 N–H and O–H groups in total. The van der Waals surface area contributed by atoms with Crippen LogP contribution in [0.5, 0.6) is 23.0 Å². The Bertz CT molecular complexity index is 1730. The first-order chi connectivity index (χ1) is 23.3. The average molecular weight is 697 g/mol. The third-order valence-corrected chi connectivity index (χ3v) is 12.8. The Kier molecular flexibility index (Phi) is 9.61. The van der Waals surface area contributed by atoms with E-state index in [4.69, 9.17) is 18.9 Å². The van der Waals surface area contributed by atoms with Gasteiger partial charge in [0.2, 0.25) is 5.91 Å². The second-order valence-electron chi connectivity index (χ2n) is 14.0. The highest BCUT2D eigenvalue weighted by Crippen LogP contribution is 2.46. The van der Waals surface area contributed by atoms with E-state index >= 15 is 0 Å². The van der Waals surface area contributed by atoms with Gasteiger partial charge in [0, 0.05) is 56.9 Å². The molecule has 2 fully saturated rings. The highest BCUT2D eigenvalue weighted by Gasteiger charge is 2.46. The van der Waals surface area contributed by atoms with E-state index in [2.05, 4.69) is 17.2 Å². The number of benzene rings is 2. The predicted octanol–water partition coefficient (Wildman–Crippen LogP) is 3.91. The molecule has 14 heteroatoms. The van der Waals surface area contributed by atoms with E-state index in [0.717, 1.165) is 12.0 Å². The van der Waals surface area contributed by atoms with Crippen molar-refractivity contribution in [2.75, 3.05) is 82.8 Å². The molecule has 0 aliphatic carbocycles. The predicted molar refractivity (Wildman–Crippen MR) is 185 cm³/mol. The number of ether oxygens (including phenoxy) is 4. The molecule has 0 bridgehead atoms. The first kappa shape index (κ1) is 34.6. The summed E-state index contributed by atoms with van der Waals surface area (Å²) in [7, 11) is -0.00617. The standard InChI is InChI=1S/C35H45N4O9P/c1-21-12-22-18-36-25-15-30(28(45-4)13-23(25)33(42)38(22)19-21)47-7-10-49(44,9-6-40)11-8-48-31-16-26-24(14-29(31)46-5)34(43)39-20-35(2,3)17-27(39)32(41)37-26/h13-16,22,27,36,40H,1,6-12,17-20H2,2-5H3,(H,37,41)/t22-,27-,49?/m0/s1. The van der Waals surface area contributed by atoms with E-state index < -0.39 is 13.2 Å². The van der Waals surface area contributed by atoms with Crippen LogP contribution in [0.2, 0.25) is 0 Å². The summed E-state index contributed by atoms with van der Waals surface area (Å²) >= 11 is 0. The Labute approximate surface area is 286 Å². The lowest BCUT2D eigenvalue weighted by atomic mass is 9.90. The number of nitrogens with one attached hydrogen (secondary N) is 2. The van der Waals surface area contributed by atoms with Crippen molar-refractivity contribution in [2.24, 2.45) is 5.41 Å². The molecule has 2 saturated heterocycles. The van der Waals surface area contributed by atoms with Crippen LogP contribution in [0.3, 0.4) is 0 Å². The molecule has 3 amide bonds. The molecule has 0 saturated carbocycles. The van der Waals surface area contributed by atoms with E-state index in [0.29, 0.717) is 71.6 Å². The molecule has 4 heterocycles. The monoisotopic (exact) mass is 696 g/mol. The van der Waals surface area contributed by atoms with Crippen molar-refractivity contribution >= 4 is 36.2 Å². The van der Waals surface area contributed by atoms with Gasteiger partial charge in [-0.1, -0.05) is 26.0 Å². The van der Waals surface area contributed by atoms with E-state index in [9.17, 15) is 24.1 Å². The fourth-order valence-electron chi connectivity index (χ4n) is 7.20. The largest absolute Gasteiger partial charge is 0.493 e. The second kappa shape index (κ2) is 13.6. The maximum Gasteiger partial charge on any atom is 0.256 e. The Morgan fingerprint density at radius 2 is 1.49 bits per heavy atom. The van der Waals surface area contributed by atoms with E-state index in [1.165, 1.54) is 14.2 Å². The van der Waals surface area contributed by atoms with Crippen molar-refractivity contribution < 1.29 is 43.0 Å². The first-order valence-corrected chi connectivity index (χ1v) is 18.8. The fourth-order valence-corrected chi connectivity index (χ4v) is 9.08. The number of nitrogens with zero attached hydrogens (tertiary/aromatic N) is 2. The third-order valence-electron chi connectivity index (χ3n) is 9.78. The number of methoxy groups -OCH3 is 2. The number of aliphatic hydroxyl groups is 1. The highest BCUT2D eigenvalue weighted by atomic mass is 31.2. The number of rotatable bonds is 12. The number of hydrogen-bond acceptors (Lipinski definition) is 10. The van der Waals surface area contributed by atoms with Gasteiger partial charge in [0.1, 0.15) is 6.04 Å². The van der Waals surface area contributed by atoms with E-state index in [-0.39, 0.29) is 67.5 Å². The van der Waals surface area contributed by atoms with Gasteiger partial charge in [-0.15, -0.1) is 0 Å². The van der Waals surface area contributed by atoms with Crippen molar-refractivity contribution in [3.05, 3.63) is 47.5 Å². The molecular formula is C35H45N4O9P. The number of amides is 3. The zero-order chi connectivity index (χ0) is 35.1. The van der Waals surface area contributed by atoms with Crippen LogP contribution in [0.15, 0.2) is 36.4 Å². The minimum Gasteiger partial charge on any atom is -0.493 e. The van der Waals surface area contributed by atoms with Crippen LogP contribution in [0, 0.1) is 5.41 Å². The van der Waals surface area contributed by atoms with Gasteiger partial charge in [-0.2, -0.15) is 0 Å². The molecule has 4 aliphatic rings. The van der Waals surface area contributed by atoms with Crippen LogP contribution in [0.1, 0.15) is 47.4 Å². The van der Waals surface area contributed by atoms with Crippen LogP contribution >= 0.6 is 7.14 Å². The number of anilines is 2. The van der Waals surface area contributed by atoms with Crippen molar-refractivity contribution in [1.29, 1.82) is 0 Å². The van der Waals surface area contributed by atoms with Gasteiger partial charge in [-0.3, -0.25) is 14.4 Å². The molecule has 2 aromatic carbocycles. The maximum absolute atomic E-state index is 13.9. The number of hydrogen-bond donors (Lipinski definition) is 3. The van der Waals surface area contributed by atoms with Gasteiger partial charge in [0.25, 0.3) is 11.8 Å². The zero-order valence-electron chi connectivity index (χ0n) is 28.5. The summed E-state index contributed by atoms with van der Waals surface area (Å²) in [6, 6.07) is 6.02. The lowest BCUT2D eigenvalue weighted by Gasteiger charge is -2.22. The van der Waals surface area contributed by atoms with Gasteiger partial charge in [-0.25, -0.2) is 0 Å². The Balaban J connectivity index is 1.11. The molecule has 13 nitrogen and oxygen atoms in total. The Morgan fingerprint density at radius 1 is 0.898 bits per heavy atom. The summed E-state index contributed by atoms with van der Waals surface area (Å²) in [5.74, 6) is 0.815. The van der Waals surface area contributed by atoms with Crippen LogP contribution in [0.25, 0.3) is 0 Å². The summed E-state index contributed by atoms with van der Waals surface area (Å²) < 4.78 is 37.1. The highest BCUT2D eigenvalue weighted by molar-refractivity contribution is 7.64. The summed E-state index contributed by atoms with van der Waals surface area (Å²) in [5.41, 5.74) is 2.64. The molecule has 0 radical (unpaired) electrons.